The van der Waals surface area contributed by atoms with Crippen molar-refractivity contribution in [1.29, 1.82) is 0 Å². The Morgan fingerprint density at radius 1 is 1.35 bits per heavy atom. The molecule has 2 unspecified atom stereocenters. The number of carbonyl (C=O) groups excluding carboxylic acids is 1. The summed E-state index contributed by atoms with van der Waals surface area (Å²) < 4.78 is 5.29. The van der Waals surface area contributed by atoms with Crippen molar-refractivity contribution in [2.24, 2.45) is 11.8 Å². The van der Waals surface area contributed by atoms with E-state index in [2.05, 4.69) is 21.7 Å². The number of carboxylic acids is 1. The van der Waals surface area contributed by atoms with E-state index in [9.17, 15) is 14.7 Å². The molecule has 1 aromatic carbocycles. The maximum absolute atomic E-state index is 13.2. The van der Waals surface area contributed by atoms with E-state index in [-0.39, 0.29) is 18.1 Å². The normalized spacial score (nSPS) is 18.3. The van der Waals surface area contributed by atoms with Gasteiger partial charge < -0.3 is 9.84 Å². The molecule has 0 amide bonds. The van der Waals surface area contributed by atoms with Gasteiger partial charge in [0, 0.05) is 41.1 Å². The summed E-state index contributed by atoms with van der Waals surface area (Å²) in [6.07, 6.45) is 2.92. The van der Waals surface area contributed by atoms with E-state index >= 15 is 0 Å². The van der Waals surface area contributed by atoms with Crippen molar-refractivity contribution in [3.8, 4) is 17.6 Å². The number of hydrogen-bond donors (Lipinski definition) is 1. The van der Waals surface area contributed by atoms with Crippen LogP contribution in [0.15, 0.2) is 41.2 Å². The number of likely N-dealkylation sites (tertiary alicyclic amines) is 1. The number of rotatable bonds is 7. The molecule has 34 heavy (non-hydrogen) atoms. The molecule has 1 aliphatic heterocycles. The predicted octanol–water partition coefficient (Wildman–Crippen LogP) is 5.00. The summed E-state index contributed by atoms with van der Waals surface area (Å²) in [5.41, 5.74) is 2.06. The first-order valence-corrected chi connectivity index (χ1v) is 12.4. The van der Waals surface area contributed by atoms with Crippen molar-refractivity contribution >= 4 is 45.6 Å². The van der Waals surface area contributed by atoms with Gasteiger partial charge in [-0.15, -0.1) is 0 Å². The van der Waals surface area contributed by atoms with Crippen LogP contribution in [0, 0.1) is 23.7 Å². The number of halogens is 1. The maximum Gasteiger partial charge on any atom is 0.308 e. The third-order valence-corrected chi connectivity index (χ3v) is 7.23. The molecule has 1 saturated heterocycles. The highest BCUT2D eigenvalue weighted by atomic mass is 35.5. The Kier molecular flexibility index (Phi) is 7.84. The Morgan fingerprint density at radius 2 is 2.21 bits per heavy atom. The fourth-order valence-electron chi connectivity index (χ4n) is 4.43. The number of benzene rings is 1. The van der Waals surface area contributed by atoms with Crippen molar-refractivity contribution in [3.63, 3.8) is 0 Å². The maximum atomic E-state index is 13.2. The molecule has 6 nitrogen and oxygen atoms in total. The minimum atomic E-state index is -0.829. The second kappa shape index (κ2) is 11.0. The molecule has 0 radical (unpaired) electrons. The van der Waals surface area contributed by atoms with Gasteiger partial charge in [0.15, 0.2) is 5.78 Å². The van der Waals surface area contributed by atoms with Crippen molar-refractivity contribution in [1.82, 2.24) is 9.88 Å². The number of thiophene rings is 1. The lowest BCUT2D eigenvalue weighted by Gasteiger charge is -2.35. The van der Waals surface area contributed by atoms with Gasteiger partial charge in [0.2, 0.25) is 0 Å². The van der Waals surface area contributed by atoms with Gasteiger partial charge in [-0.25, -0.2) is 0 Å². The molecular formula is C26H25ClN2O4S. The van der Waals surface area contributed by atoms with E-state index in [1.54, 1.807) is 36.6 Å². The average molecular weight is 497 g/mol. The summed E-state index contributed by atoms with van der Waals surface area (Å²) in [7, 11) is 1.56. The van der Waals surface area contributed by atoms with Crippen LogP contribution in [0.1, 0.15) is 35.2 Å². The number of fused-ring (bicyclic) bond motifs is 1. The van der Waals surface area contributed by atoms with E-state index in [0.717, 1.165) is 12.1 Å². The molecule has 0 aliphatic carbocycles. The van der Waals surface area contributed by atoms with Crippen LogP contribution in [0.2, 0.25) is 5.02 Å². The summed E-state index contributed by atoms with van der Waals surface area (Å²) >= 11 is 7.96. The van der Waals surface area contributed by atoms with Crippen LogP contribution in [0.4, 0.5) is 0 Å². The number of aliphatic carboxylic acids is 1. The predicted molar refractivity (Wildman–Crippen MR) is 134 cm³/mol. The molecule has 3 aromatic rings. The van der Waals surface area contributed by atoms with Crippen LogP contribution in [0.25, 0.3) is 10.9 Å². The zero-order valence-electron chi connectivity index (χ0n) is 18.8. The van der Waals surface area contributed by atoms with Crippen LogP contribution in [-0.4, -0.2) is 53.5 Å². The molecule has 2 atom stereocenters. The molecule has 0 saturated carbocycles. The molecule has 0 bridgehead atoms. The van der Waals surface area contributed by atoms with Gasteiger partial charge in [-0.3, -0.25) is 19.5 Å². The number of nitrogens with zero attached hydrogens (tertiary/aromatic N) is 2. The first kappa shape index (κ1) is 24.2. The van der Waals surface area contributed by atoms with Gasteiger partial charge in [0.25, 0.3) is 0 Å². The fraction of sp³-hybridized carbons (Fsp3) is 0.346. The molecule has 8 heteroatoms. The van der Waals surface area contributed by atoms with Crippen molar-refractivity contribution in [2.75, 3.05) is 26.7 Å². The number of piperidine rings is 1. The fourth-order valence-corrected chi connectivity index (χ4v) is 5.27. The third kappa shape index (κ3) is 5.58. The number of pyridine rings is 1. The van der Waals surface area contributed by atoms with E-state index in [4.69, 9.17) is 16.3 Å². The van der Waals surface area contributed by atoms with Gasteiger partial charge in [-0.1, -0.05) is 23.4 Å². The Labute approximate surface area is 207 Å². The largest absolute Gasteiger partial charge is 0.497 e. The summed E-state index contributed by atoms with van der Waals surface area (Å²) in [6.45, 7) is 1.73. The molecule has 1 N–H and O–H groups in total. The number of hydrogen-bond acceptors (Lipinski definition) is 6. The number of ether oxygens (including phenoxy) is 1. The van der Waals surface area contributed by atoms with Crippen LogP contribution < -0.4 is 4.74 Å². The van der Waals surface area contributed by atoms with Crippen molar-refractivity contribution < 1.29 is 19.4 Å². The van der Waals surface area contributed by atoms with Crippen molar-refractivity contribution in [2.45, 2.75) is 19.3 Å². The van der Waals surface area contributed by atoms with Gasteiger partial charge in [-0.2, -0.15) is 11.3 Å². The van der Waals surface area contributed by atoms with Crippen LogP contribution in [-0.2, 0) is 4.79 Å². The number of ketones is 1. The average Bonchev–Trinajstić information content (AvgIpc) is 3.36. The SMILES string of the molecule is COc1ccc2ncc(Cl)c(C(=O)CCC3CCN(CC#Cc4ccsc4)CC3C(=O)O)c2c1. The number of carbonyl (C=O) groups is 2. The zero-order valence-corrected chi connectivity index (χ0v) is 20.4. The molecule has 3 heterocycles. The zero-order chi connectivity index (χ0) is 24.1. The summed E-state index contributed by atoms with van der Waals surface area (Å²) in [5.74, 6) is 5.32. The highest BCUT2D eigenvalue weighted by Gasteiger charge is 2.34. The summed E-state index contributed by atoms with van der Waals surface area (Å²) in [5, 5.41) is 14.7. The van der Waals surface area contributed by atoms with E-state index < -0.39 is 11.9 Å². The first-order valence-electron chi connectivity index (χ1n) is 11.1. The summed E-state index contributed by atoms with van der Waals surface area (Å²) in [4.78, 5) is 31.6. The Hall–Kier alpha value is -2.92. The Morgan fingerprint density at radius 3 is 2.94 bits per heavy atom. The molecule has 0 spiro atoms. The van der Waals surface area contributed by atoms with E-state index in [0.29, 0.717) is 53.2 Å². The molecule has 176 valence electrons. The Bertz CT molecular complexity index is 1250. The van der Waals surface area contributed by atoms with Gasteiger partial charge in [-0.05, 0) is 54.9 Å². The third-order valence-electron chi connectivity index (χ3n) is 6.26. The highest BCUT2D eigenvalue weighted by molar-refractivity contribution is 7.08. The number of aromatic nitrogens is 1. The van der Waals surface area contributed by atoms with Gasteiger partial charge in [0.1, 0.15) is 5.75 Å². The smallest absolute Gasteiger partial charge is 0.308 e. The lowest BCUT2D eigenvalue weighted by Crippen LogP contribution is -2.44. The van der Waals surface area contributed by atoms with E-state index in [1.165, 1.54) is 6.20 Å². The summed E-state index contributed by atoms with van der Waals surface area (Å²) in [6, 6.07) is 7.30. The number of Topliss-reactive ketones (excluding diaryl/α,β-unsaturated/α-hetero) is 1. The first-order chi connectivity index (χ1) is 16.5. The number of methoxy groups -OCH3 is 1. The molecule has 4 rings (SSSR count). The monoisotopic (exact) mass is 496 g/mol. The van der Waals surface area contributed by atoms with Crippen LogP contribution in [0.3, 0.4) is 0 Å². The van der Waals surface area contributed by atoms with Crippen LogP contribution >= 0.6 is 22.9 Å². The van der Waals surface area contributed by atoms with Crippen LogP contribution in [0.5, 0.6) is 5.75 Å². The molecule has 1 fully saturated rings. The minimum absolute atomic E-state index is 0.0797. The van der Waals surface area contributed by atoms with Crippen molar-refractivity contribution in [3.05, 3.63) is 57.4 Å². The number of carboxylic acid groups (broad SMARTS) is 1. The van der Waals surface area contributed by atoms with Gasteiger partial charge in [0.05, 0.1) is 30.1 Å². The van der Waals surface area contributed by atoms with Gasteiger partial charge >= 0.3 is 5.97 Å². The topological polar surface area (TPSA) is 79.7 Å². The second-order valence-electron chi connectivity index (χ2n) is 8.37. The molecule has 1 aliphatic rings. The second-order valence-corrected chi connectivity index (χ2v) is 9.56. The van der Waals surface area contributed by atoms with E-state index in [1.807, 2.05) is 16.8 Å². The molecule has 2 aromatic heterocycles. The highest BCUT2D eigenvalue weighted by Crippen LogP contribution is 2.32. The Balaban J connectivity index is 1.42. The molecular weight excluding hydrogens is 472 g/mol. The minimum Gasteiger partial charge on any atom is -0.497 e. The lowest BCUT2D eigenvalue weighted by atomic mass is 9.81. The lowest BCUT2D eigenvalue weighted by molar-refractivity contribution is -0.146. The quantitative estimate of drug-likeness (QED) is 0.366. The standard InChI is InChI=1S/C26H25ClN2O4S/c1-33-19-5-6-23-20(13-19)25(22(27)14-28-23)24(30)7-4-18-8-11-29(15-21(18)26(31)32)10-2-3-17-9-12-34-16-17/h5-6,9,12-14,16,18,21H,4,7-8,10-11,15H2,1H3,(H,31,32).